The summed E-state index contributed by atoms with van der Waals surface area (Å²) in [5.74, 6) is 0.670. The van der Waals surface area contributed by atoms with Gasteiger partial charge >= 0.3 is 0 Å². The Morgan fingerprint density at radius 1 is 1.08 bits per heavy atom. The van der Waals surface area contributed by atoms with Crippen LogP contribution in [0.15, 0.2) is 74.8 Å². The average Bonchev–Trinajstić information content (AvgIpc) is 3.19. The largest absolute Gasteiger partial charge is 0.279 e. The predicted octanol–water partition coefficient (Wildman–Crippen LogP) is 4.47. The van der Waals surface area contributed by atoms with Gasteiger partial charge in [0.15, 0.2) is 0 Å². The van der Waals surface area contributed by atoms with Crippen LogP contribution in [0.25, 0.3) is 11.1 Å². The van der Waals surface area contributed by atoms with Crippen LogP contribution < -0.4 is 5.43 Å². The van der Waals surface area contributed by atoms with Crippen LogP contribution in [0, 0.1) is 0 Å². The summed E-state index contributed by atoms with van der Waals surface area (Å²) in [4.78, 5) is 16.7. The van der Waals surface area contributed by atoms with E-state index in [1.807, 2.05) is 36.4 Å². The number of carbonyl (C=O) groups excluding carboxylic acids is 1. The molecular formula is C20H16BrN3OS. The molecule has 3 aromatic rings. The van der Waals surface area contributed by atoms with Gasteiger partial charge in [0, 0.05) is 10.0 Å². The van der Waals surface area contributed by atoms with Gasteiger partial charge in [-0.3, -0.25) is 15.2 Å². The van der Waals surface area contributed by atoms with E-state index < -0.39 is 0 Å². The molecule has 0 aliphatic carbocycles. The Hall–Kier alpha value is -2.44. The zero-order valence-electron chi connectivity index (χ0n) is 13.9. The number of halogens is 1. The maximum Gasteiger partial charge on any atom is 0.262 e. The van der Waals surface area contributed by atoms with Gasteiger partial charge in [-0.15, -0.1) is 0 Å². The molecule has 4 rings (SSSR count). The van der Waals surface area contributed by atoms with Gasteiger partial charge in [-0.25, -0.2) is 5.01 Å². The molecule has 4 nitrogen and oxygen atoms in total. The van der Waals surface area contributed by atoms with Crippen molar-refractivity contribution in [1.82, 2.24) is 10.4 Å². The Morgan fingerprint density at radius 3 is 2.65 bits per heavy atom. The third-order valence-corrected chi connectivity index (χ3v) is 5.26. The molecule has 130 valence electrons. The minimum Gasteiger partial charge on any atom is -0.279 e. The molecular weight excluding hydrogens is 410 g/mol. The highest BCUT2D eigenvalue weighted by Gasteiger charge is 2.21. The molecule has 0 saturated carbocycles. The number of nitrogens with one attached hydrogen (secondary N) is 1. The number of amidine groups is 1. The molecule has 1 aromatic heterocycles. The number of rotatable bonds is 4. The summed E-state index contributed by atoms with van der Waals surface area (Å²) in [5.41, 5.74) is 7.50. The summed E-state index contributed by atoms with van der Waals surface area (Å²) >= 11 is 5.26. The fourth-order valence-electron chi connectivity index (χ4n) is 2.83. The van der Waals surface area contributed by atoms with Gasteiger partial charge in [0.1, 0.15) is 12.4 Å². The highest BCUT2D eigenvalue weighted by molar-refractivity contribution is 9.10. The van der Waals surface area contributed by atoms with Crippen molar-refractivity contribution in [3.05, 3.63) is 81.0 Å². The Morgan fingerprint density at radius 2 is 1.88 bits per heavy atom. The van der Waals surface area contributed by atoms with Crippen molar-refractivity contribution in [3.63, 3.8) is 0 Å². The summed E-state index contributed by atoms with van der Waals surface area (Å²) < 4.78 is 0.979. The van der Waals surface area contributed by atoms with Crippen LogP contribution in [-0.4, -0.2) is 23.3 Å². The summed E-state index contributed by atoms with van der Waals surface area (Å²) in [6.45, 7) is 0.652. The van der Waals surface area contributed by atoms with Crippen LogP contribution in [-0.2, 0) is 11.3 Å². The molecule has 0 bridgehead atoms. The fourth-order valence-corrected chi connectivity index (χ4v) is 3.99. The van der Waals surface area contributed by atoms with Gasteiger partial charge in [0.2, 0.25) is 0 Å². The summed E-state index contributed by atoms with van der Waals surface area (Å²) in [6, 6.07) is 18.2. The van der Waals surface area contributed by atoms with Crippen LogP contribution in [0.4, 0.5) is 0 Å². The average molecular weight is 426 g/mol. The standard InChI is InChI=1S/C20H16BrN3OS/c21-18-9-16(15-6-7-26-13-15)8-17(10-18)20-22-11-19(25)24(23-20)12-14-4-2-1-3-5-14/h1-10,13H,11-12H2,(H,22,23). The molecule has 0 unspecified atom stereocenters. The molecule has 1 amide bonds. The third kappa shape index (κ3) is 3.71. The summed E-state index contributed by atoms with van der Waals surface area (Å²) in [6.07, 6.45) is 0. The van der Waals surface area contributed by atoms with Crippen LogP contribution in [0.3, 0.4) is 0 Å². The number of hydrogen-bond acceptors (Lipinski definition) is 4. The number of nitrogens with zero attached hydrogens (tertiary/aromatic N) is 2. The van der Waals surface area contributed by atoms with Crippen LogP contribution in [0.2, 0.25) is 0 Å². The second-order valence-electron chi connectivity index (χ2n) is 5.98. The molecule has 1 aliphatic heterocycles. The first kappa shape index (κ1) is 17.0. The van der Waals surface area contributed by atoms with E-state index in [9.17, 15) is 4.79 Å². The quantitative estimate of drug-likeness (QED) is 0.669. The van der Waals surface area contributed by atoms with Gasteiger partial charge < -0.3 is 0 Å². The second-order valence-corrected chi connectivity index (χ2v) is 7.68. The predicted molar refractivity (Wildman–Crippen MR) is 109 cm³/mol. The van der Waals surface area contributed by atoms with Gasteiger partial charge in [-0.2, -0.15) is 11.3 Å². The third-order valence-electron chi connectivity index (χ3n) is 4.12. The molecule has 0 atom stereocenters. The maximum atomic E-state index is 12.2. The van der Waals surface area contributed by atoms with Crippen molar-refractivity contribution in [1.29, 1.82) is 0 Å². The molecule has 1 N–H and O–H groups in total. The van der Waals surface area contributed by atoms with Gasteiger partial charge in [-0.1, -0.05) is 46.3 Å². The lowest BCUT2D eigenvalue weighted by molar-refractivity contribution is -0.132. The highest BCUT2D eigenvalue weighted by atomic mass is 79.9. The smallest absolute Gasteiger partial charge is 0.262 e. The zero-order valence-corrected chi connectivity index (χ0v) is 16.3. The monoisotopic (exact) mass is 425 g/mol. The molecule has 0 radical (unpaired) electrons. The lowest BCUT2D eigenvalue weighted by Crippen LogP contribution is -2.50. The lowest BCUT2D eigenvalue weighted by Gasteiger charge is -2.28. The van der Waals surface area contributed by atoms with E-state index in [0.717, 1.165) is 21.2 Å². The Balaban J connectivity index is 1.61. The first-order chi connectivity index (χ1) is 12.7. The van der Waals surface area contributed by atoms with E-state index in [2.05, 4.69) is 55.3 Å². The number of benzene rings is 2. The van der Waals surface area contributed by atoms with Gasteiger partial charge in [0.05, 0.1) is 6.54 Å². The number of hydrazine groups is 1. The van der Waals surface area contributed by atoms with Gasteiger partial charge in [-0.05, 0) is 51.7 Å². The summed E-state index contributed by atoms with van der Waals surface area (Å²) in [5, 5.41) is 5.81. The first-order valence-electron chi connectivity index (χ1n) is 8.18. The van der Waals surface area contributed by atoms with E-state index in [1.165, 1.54) is 5.56 Å². The van der Waals surface area contributed by atoms with Crippen molar-refractivity contribution < 1.29 is 4.79 Å². The Labute approximate surface area is 164 Å². The Kier molecular flexibility index (Phi) is 4.86. The molecule has 0 spiro atoms. The fraction of sp³-hybridized carbons (Fsp3) is 0.100. The first-order valence-corrected chi connectivity index (χ1v) is 9.91. The Bertz CT molecular complexity index is 954. The van der Waals surface area contributed by atoms with Crippen LogP contribution >= 0.6 is 27.3 Å². The molecule has 6 heteroatoms. The van der Waals surface area contributed by atoms with Crippen LogP contribution in [0.1, 0.15) is 11.1 Å². The number of amides is 1. The van der Waals surface area contributed by atoms with Gasteiger partial charge in [0.25, 0.3) is 5.91 Å². The highest BCUT2D eigenvalue weighted by Crippen LogP contribution is 2.27. The van der Waals surface area contributed by atoms with E-state index in [1.54, 1.807) is 16.3 Å². The van der Waals surface area contributed by atoms with Crippen molar-refractivity contribution >= 4 is 39.0 Å². The zero-order chi connectivity index (χ0) is 17.9. The minimum absolute atomic E-state index is 0.0364. The van der Waals surface area contributed by atoms with E-state index in [4.69, 9.17) is 0 Å². The van der Waals surface area contributed by atoms with Crippen LogP contribution in [0.5, 0.6) is 0 Å². The van der Waals surface area contributed by atoms with E-state index in [0.29, 0.717) is 12.4 Å². The van der Waals surface area contributed by atoms with E-state index >= 15 is 0 Å². The SMILES string of the molecule is O=C1CN=C(c2cc(Br)cc(-c3ccsc3)c2)NN1Cc1ccccc1. The molecule has 26 heavy (non-hydrogen) atoms. The summed E-state index contributed by atoms with van der Waals surface area (Å²) in [7, 11) is 0. The molecule has 2 heterocycles. The normalized spacial score (nSPS) is 14.1. The lowest BCUT2D eigenvalue weighted by atomic mass is 10.1. The maximum absolute atomic E-state index is 12.2. The molecule has 1 aliphatic rings. The van der Waals surface area contributed by atoms with Crippen molar-refractivity contribution in [2.24, 2.45) is 4.99 Å². The molecule has 2 aromatic carbocycles. The van der Waals surface area contributed by atoms with Crippen molar-refractivity contribution in [2.45, 2.75) is 6.54 Å². The van der Waals surface area contributed by atoms with E-state index in [-0.39, 0.29) is 12.5 Å². The topological polar surface area (TPSA) is 44.7 Å². The van der Waals surface area contributed by atoms with Crippen molar-refractivity contribution in [2.75, 3.05) is 6.54 Å². The number of aliphatic imine (C=N–C) groups is 1. The molecule has 0 saturated heterocycles. The molecule has 0 fully saturated rings. The minimum atomic E-state index is -0.0364. The number of hydrogen-bond donors (Lipinski definition) is 1. The number of carbonyl (C=O) groups is 1. The van der Waals surface area contributed by atoms with Crippen molar-refractivity contribution in [3.8, 4) is 11.1 Å². The second kappa shape index (κ2) is 7.43. The number of thiophene rings is 1.